The smallest absolute Gasteiger partial charge is 0.308 e. The van der Waals surface area contributed by atoms with Crippen molar-refractivity contribution in [3.8, 4) is 0 Å². The maximum Gasteiger partial charge on any atom is 0.323 e. The van der Waals surface area contributed by atoms with Crippen molar-refractivity contribution in [2.24, 2.45) is 0 Å². The molecule has 0 saturated heterocycles. The SMILES string of the molecule is O=C(Nc1ccc(Cl)cc1)Nc1c(F)cccc1Cl. The maximum atomic E-state index is 13.5. The Labute approximate surface area is 119 Å². The predicted octanol–water partition coefficient (Wildman–Crippen LogP) is 4.78. The van der Waals surface area contributed by atoms with Crippen LogP contribution in [0.4, 0.5) is 20.6 Å². The van der Waals surface area contributed by atoms with Crippen LogP contribution >= 0.6 is 23.2 Å². The molecule has 2 amide bonds. The molecule has 2 N–H and O–H groups in total. The van der Waals surface area contributed by atoms with Crippen molar-refractivity contribution in [3.05, 3.63) is 58.3 Å². The van der Waals surface area contributed by atoms with Crippen LogP contribution in [0.2, 0.25) is 10.0 Å². The van der Waals surface area contributed by atoms with Crippen LogP contribution in [-0.2, 0) is 0 Å². The minimum absolute atomic E-state index is 0.0596. The average molecular weight is 299 g/mol. The summed E-state index contributed by atoms with van der Waals surface area (Å²) in [5.41, 5.74) is 0.477. The van der Waals surface area contributed by atoms with Gasteiger partial charge in [0, 0.05) is 10.7 Å². The van der Waals surface area contributed by atoms with Crippen LogP contribution in [0.25, 0.3) is 0 Å². The van der Waals surface area contributed by atoms with Gasteiger partial charge in [-0.15, -0.1) is 0 Å². The van der Waals surface area contributed by atoms with Crippen LogP contribution in [0.3, 0.4) is 0 Å². The van der Waals surface area contributed by atoms with Crippen molar-refractivity contribution in [1.82, 2.24) is 0 Å². The fourth-order valence-electron chi connectivity index (χ4n) is 1.43. The summed E-state index contributed by atoms with van der Waals surface area (Å²) in [7, 11) is 0. The van der Waals surface area contributed by atoms with E-state index in [0.29, 0.717) is 10.7 Å². The highest BCUT2D eigenvalue weighted by atomic mass is 35.5. The topological polar surface area (TPSA) is 41.1 Å². The number of hydrogen-bond acceptors (Lipinski definition) is 1. The Kier molecular flexibility index (Phi) is 4.24. The fraction of sp³-hybridized carbons (Fsp3) is 0. The fourth-order valence-corrected chi connectivity index (χ4v) is 1.76. The highest BCUT2D eigenvalue weighted by Gasteiger charge is 2.10. The highest BCUT2D eigenvalue weighted by Crippen LogP contribution is 2.24. The summed E-state index contributed by atoms with van der Waals surface area (Å²) in [6.45, 7) is 0. The molecule has 0 saturated carbocycles. The van der Waals surface area contributed by atoms with Crippen LogP contribution in [0.1, 0.15) is 0 Å². The van der Waals surface area contributed by atoms with Crippen molar-refractivity contribution in [2.75, 3.05) is 10.6 Å². The molecule has 6 heteroatoms. The second kappa shape index (κ2) is 5.91. The largest absolute Gasteiger partial charge is 0.323 e. The lowest BCUT2D eigenvalue weighted by molar-refractivity contribution is 0.262. The normalized spacial score (nSPS) is 10.1. The first-order valence-electron chi connectivity index (χ1n) is 5.34. The minimum Gasteiger partial charge on any atom is -0.308 e. The lowest BCUT2D eigenvalue weighted by Crippen LogP contribution is -2.20. The molecule has 0 radical (unpaired) electrons. The predicted molar refractivity (Wildman–Crippen MR) is 75.5 cm³/mol. The first-order valence-corrected chi connectivity index (χ1v) is 6.09. The van der Waals surface area contributed by atoms with Gasteiger partial charge in [-0.05, 0) is 36.4 Å². The molecule has 0 aliphatic heterocycles. The van der Waals surface area contributed by atoms with Crippen LogP contribution in [0.5, 0.6) is 0 Å². The van der Waals surface area contributed by atoms with Gasteiger partial charge in [0.1, 0.15) is 5.82 Å². The number of amides is 2. The van der Waals surface area contributed by atoms with Crippen molar-refractivity contribution < 1.29 is 9.18 Å². The van der Waals surface area contributed by atoms with Crippen molar-refractivity contribution in [1.29, 1.82) is 0 Å². The molecule has 0 unspecified atom stereocenters. The van der Waals surface area contributed by atoms with Gasteiger partial charge in [-0.2, -0.15) is 0 Å². The Morgan fingerprint density at radius 2 is 1.68 bits per heavy atom. The first-order chi connectivity index (χ1) is 9.06. The summed E-state index contributed by atoms with van der Waals surface area (Å²) in [5.74, 6) is -0.598. The molecule has 0 bridgehead atoms. The van der Waals surface area contributed by atoms with Crippen molar-refractivity contribution in [2.45, 2.75) is 0 Å². The Bertz CT molecular complexity index is 582. The number of anilines is 2. The molecule has 0 fully saturated rings. The summed E-state index contributed by atoms with van der Waals surface area (Å²) < 4.78 is 13.5. The van der Waals surface area contributed by atoms with Gasteiger partial charge in [-0.3, -0.25) is 0 Å². The molecule has 0 atom stereocenters. The van der Waals surface area contributed by atoms with Gasteiger partial charge < -0.3 is 10.6 Å². The number of halogens is 3. The summed E-state index contributed by atoms with van der Waals surface area (Å²) in [6, 6.07) is 10.1. The summed E-state index contributed by atoms with van der Waals surface area (Å²) in [6.07, 6.45) is 0. The Morgan fingerprint density at radius 1 is 1.00 bits per heavy atom. The number of carbonyl (C=O) groups is 1. The number of rotatable bonds is 2. The van der Waals surface area contributed by atoms with E-state index in [1.54, 1.807) is 24.3 Å². The molecule has 2 rings (SSSR count). The molecule has 0 aromatic heterocycles. The third-order valence-electron chi connectivity index (χ3n) is 2.30. The van der Waals surface area contributed by atoms with Gasteiger partial charge in [0.2, 0.25) is 0 Å². The van der Waals surface area contributed by atoms with Gasteiger partial charge in [-0.1, -0.05) is 29.3 Å². The minimum atomic E-state index is -0.598. The summed E-state index contributed by atoms with van der Waals surface area (Å²) in [5, 5.41) is 5.58. The molecule has 2 aromatic rings. The molecule has 0 heterocycles. The summed E-state index contributed by atoms with van der Waals surface area (Å²) >= 11 is 11.5. The Morgan fingerprint density at radius 3 is 2.32 bits per heavy atom. The molecular weight excluding hydrogens is 290 g/mol. The molecule has 0 spiro atoms. The van der Waals surface area contributed by atoms with E-state index in [2.05, 4.69) is 10.6 Å². The van der Waals surface area contributed by atoms with Gasteiger partial charge in [0.05, 0.1) is 10.7 Å². The van der Waals surface area contributed by atoms with E-state index >= 15 is 0 Å². The van der Waals surface area contributed by atoms with E-state index in [1.165, 1.54) is 18.2 Å². The number of nitrogens with one attached hydrogen (secondary N) is 2. The van der Waals surface area contributed by atoms with Gasteiger partial charge in [0.25, 0.3) is 0 Å². The van der Waals surface area contributed by atoms with Gasteiger partial charge >= 0.3 is 6.03 Å². The van der Waals surface area contributed by atoms with Crippen molar-refractivity contribution in [3.63, 3.8) is 0 Å². The Hall–Kier alpha value is -1.78. The number of carbonyl (C=O) groups excluding carboxylic acids is 1. The van der Waals surface area contributed by atoms with Crippen molar-refractivity contribution >= 4 is 40.6 Å². The first kappa shape index (κ1) is 13.6. The second-order valence-corrected chi connectivity index (χ2v) is 4.53. The second-order valence-electron chi connectivity index (χ2n) is 3.68. The average Bonchev–Trinajstić information content (AvgIpc) is 2.37. The highest BCUT2D eigenvalue weighted by molar-refractivity contribution is 6.33. The third-order valence-corrected chi connectivity index (χ3v) is 2.87. The van der Waals surface area contributed by atoms with E-state index in [9.17, 15) is 9.18 Å². The molecule has 3 nitrogen and oxygen atoms in total. The van der Waals surface area contributed by atoms with Crippen LogP contribution in [-0.4, -0.2) is 6.03 Å². The monoisotopic (exact) mass is 298 g/mol. The van der Waals surface area contributed by atoms with Gasteiger partial charge in [-0.25, -0.2) is 9.18 Å². The number of urea groups is 1. The van der Waals surface area contributed by atoms with E-state index < -0.39 is 11.8 Å². The quantitative estimate of drug-likeness (QED) is 0.823. The zero-order valence-electron chi connectivity index (χ0n) is 9.58. The standard InChI is InChI=1S/C13H9Cl2FN2O/c14-8-4-6-9(7-5-8)17-13(19)18-12-10(15)2-1-3-11(12)16/h1-7H,(H2,17,18,19). The molecule has 0 aliphatic carbocycles. The Balaban J connectivity index is 2.07. The maximum absolute atomic E-state index is 13.5. The lowest BCUT2D eigenvalue weighted by Gasteiger charge is -2.09. The number of hydrogen-bond donors (Lipinski definition) is 2. The molecule has 0 aliphatic rings. The molecule has 2 aromatic carbocycles. The zero-order chi connectivity index (χ0) is 13.8. The van der Waals surface area contributed by atoms with E-state index in [-0.39, 0.29) is 10.7 Å². The van der Waals surface area contributed by atoms with Crippen LogP contribution in [0.15, 0.2) is 42.5 Å². The van der Waals surface area contributed by atoms with Gasteiger partial charge in [0.15, 0.2) is 0 Å². The molecular formula is C13H9Cl2FN2O. The van der Waals surface area contributed by atoms with E-state index in [0.717, 1.165) is 0 Å². The molecule has 19 heavy (non-hydrogen) atoms. The number of benzene rings is 2. The van der Waals surface area contributed by atoms with Crippen LogP contribution in [0, 0.1) is 5.82 Å². The van der Waals surface area contributed by atoms with E-state index in [1.807, 2.05) is 0 Å². The lowest BCUT2D eigenvalue weighted by atomic mass is 10.3. The third kappa shape index (κ3) is 3.59. The zero-order valence-corrected chi connectivity index (χ0v) is 11.1. The summed E-state index contributed by atoms with van der Waals surface area (Å²) in [4.78, 5) is 11.7. The van der Waals surface area contributed by atoms with E-state index in [4.69, 9.17) is 23.2 Å². The number of para-hydroxylation sites is 1. The molecule has 98 valence electrons. The van der Waals surface area contributed by atoms with Crippen LogP contribution < -0.4 is 10.6 Å².